The van der Waals surface area contributed by atoms with Crippen LogP contribution in [-0.4, -0.2) is 52.9 Å². The second kappa shape index (κ2) is 6.67. The van der Waals surface area contributed by atoms with Crippen LogP contribution in [0.3, 0.4) is 0 Å². The Morgan fingerprint density at radius 3 is 2.68 bits per heavy atom. The molecule has 2 aliphatic heterocycles. The van der Waals surface area contributed by atoms with Crippen LogP contribution in [-0.2, 0) is 6.42 Å². The van der Waals surface area contributed by atoms with Crippen molar-refractivity contribution in [3.63, 3.8) is 0 Å². The fourth-order valence-electron chi connectivity index (χ4n) is 3.97. The van der Waals surface area contributed by atoms with Gasteiger partial charge in [0.2, 0.25) is 0 Å². The first-order valence-corrected chi connectivity index (χ1v) is 9.41. The number of rotatable bonds is 4. The maximum atomic E-state index is 13.0. The largest absolute Gasteiger partial charge is 0.333 e. The lowest BCUT2D eigenvalue weighted by atomic mass is 10.0. The zero-order valence-electron chi connectivity index (χ0n) is 14.0. The molecule has 3 rings (SSSR count). The van der Waals surface area contributed by atoms with Crippen molar-refractivity contribution in [1.29, 1.82) is 0 Å². The van der Waals surface area contributed by atoms with E-state index in [1.165, 1.54) is 19.4 Å². The molecule has 2 fully saturated rings. The van der Waals surface area contributed by atoms with Crippen LogP contribution in [0.5, 0.6) is 0 Å². The number of carbonyl (C=O) groups is 1. The van der Waals surface area contributed by atoms with E-state index < -0.39 is 0 Å². The average molecular weight is 321 g/mol. The van der Waals surface area contributed by atoms with Gasteiger partial charge in [-0.2, -0.15) is 0 Å². The summed E-state index contributed by atoms with van der Waals surface area (Å²) in [5.74, 6) is 0.222. The molecule has 1 aromatic rings. The van der Waals surface area contributed by atoms with E-state index in [0.29, 0.717) is 12.1 Å². The van der Waals surface area contributed by atoms with Gasteiger partial charge in [0.05, 0.1) is 10.7 Å². The number of hydrogen-bond donors (Lipinski definition) is 0. The predicted molar refractivity (Wildman–Crippen MR) is 90.6 cm³/mol. The van der Waals surface area contributed by atoms with E-state index in [9.17, 15) is 4.79 Å². The molecule has 2 unspecified atom stereocenters. The number of hydrogen-bond acceptors (Lipinski definition) is 4. The Morgan fingerprint density at radius 2 is 2.00 bits per heavy atom. The topological polar surface area (TPSA) is 36.4 Å². The number of amides is 1. The maximum absolute atomic E-state index is 13.0. The van der Waals surface area contributed by atoms with Gasteiger partial charge in [-0.15, -0.1) is 11.3 Å². The third kappa shape index (κ3) is 2.93. The van der Waals surface area contributed by atoms with Gasteiger partial charge >= 0.3 is 0 Å². The van der Waals surface area contributed by atoms with Crippen LogP contribution in [0.15, 0.2) is 0 Å². The molecule has 1 aromatic heterocycles. The monoisotopic (exact) mass is 321 g/mol. The van der Waals surface area contributed by atoms with Crippen molar-refractivity contribution in [3.05, 3.63) is 15.6 Å². The van der Waals surface area contributed by atoms with E-state index in [-0.39, 0.29) is 5.91 Å². The molecule has 0 spiro atoms. The van der Waals surface area contributed by atoms with Gasteiger partial charge in [-0.25, -0.2) is 4.98 Å². The zero-order valence-corrected chi connectivity index (χ0v) is 14.8. The first-order valence-electron chi connectivity index (χ1n) is 8.59. The highest BCUT2D eigenvalue weighted by atomic mass is 32.1. The number of nitrogens with zero attached hydrogens (tertiary/aromatic N) is 3. The molecular formula is C17H27N3OS. The fraction of sp³-hybridized carbons (Fsp3) is 0.765. The summed E-state index contributed by atoms with van der Waals surface area (Å²) in [6.07, 6.45) is 6.85. The number of aryl methyl sites for hydroxylation is 2. The minimum Gasteiger partial charge on any atom is -0.333 e. The lowest BCUT2D eigenvalue weighted by Gasteiger charge is -2.33. The molecule has 0 N–H and O–H groups in total. The van der Waals surface area contributed by atoms with Gasteiger partial charge in [-0.1, -0.05) is 6.92 Å². The highest BCUT2D eigenvalue weighted by molar-refractivity contribution is 7.13. The normalized spacial score (nSPS) is 26.0. The first-order chi connectivity index (χ1) is 10.6. The van der Waals surface area contributed by atoms with Gasteiger partial charge in [0.15, 0.2) is 0 Å². The van der Waals surface area contributed by atoms with E-state index in [2.05, 4.69) is 28.8 Å². The lowest BCUT2D eigenvalue weighted by molar-refractivity contribution is 0.0668. The Morgan fingerprint density at radius 1 is 1.27 bits per heavy atom. The van der Waals surface area contributed by atoms with Crippen molar-refractivity contribution in [2.75, 3.05) is 20.1 Å². The minimum absolute atomic E-state index is 0.222. The number of aromatic nitrogens is 1. The second-order valence-corrected chi connectivity index (χ2v) is 7.75. The Labute approximate surface area is 137 Å². The van der Waals surface area contributed by atoms with Crippen molar-refractivity contribution < 1.29 is 4.79 Å². The molecule has 5 heteroatoms. The summed E-state index contributed by atoms with van der Waals surface area (Å²) in [5, 5.41) is 1.11. The van der Waals surface area contributed by atoms with Crippen LogP contribution in [0.2, 0.25) is 0 Å². The first kappa shape index (κ1) is 15.9. The maximum Gasteiger partial charge on any atom is 0.266 e. The average Bonchev–Trinajstić information content (AvgIpc) is 3.18. The highest BCUT2D eigenvalue weighted by Gasteiger charge is 2.39. The molecule has 0 aromatic carbocycles. The standard InChI is InChI=1S/C17H27N3OS/c1-4-7-15-18-12(2)16(22-15)17(21)20-11-6-9-14(20)13-8-5-10-19(13)3/h13-14H,4-11H2,1-3H3. The summed E-state index contributed by atoms with van der Waals surface area (Å²) >= 11 is 1.61. The predicted octanol–water partition coefficient (Wildman–Crippen LogP) is 3.10. The van der Waals surface area contributed by atoms with Crippen LogP contribution in [0, 0.1) is 6.92 Å². The molecule has 2 aliphatic rings. The van der Waals surface area contributed by atoms with Crippen molar-refractivity contribution >= 4 is 17.2 Å². The second-order valence-electron chi connectivity index (χ2n) is 6.67. The molecule has 3 heterocycles. The van der Waals surface area contributed by atoms with E-state index in [1.54, 1.807) is 11.3 Å². The molecule has 2 atom stereocenters. The Balaban J connectivity index is 1.78. The third-order valence-electron chi connectivity index (χ3n) is 5.08. The molecule has 2 saturated heterocycles. The van der Waals surface area contributed by atoms with Crippen LogP contribution >= 0.6 is 11.3 Å². The summed E-state index contributed by atoms with van der Waals surface area (Å²) in [4.78, 5) is 23.1. The Kier molecular flexibility index (Phi) is 4.83. The van der Waals surface area contributed by atoms with Gasteiger partial charge in [0.1, 0.15) is 4.88 Å². The van der Waals surface area contributed by atoms with Crippen molar-refractivity contribution in [2.24, 2.45) is 0 Å². The summed E-state index contributed by atoms with van der Waals surface area (Å²) in [5.41, 5.74) is 0.920. The quantitative estimate of drug-likeness (QED) is 0.855. The van der Waals surface area contributed by atoms with E-state index in [4.69, 9.17) is 0 Å². The van der Waals surface area contributed by atoms with E-state index in [1.807, 2.05) is 6.92 Å². The molecule has 0 aliphatic carbocycles. The molecule has 122 valence electrons. The molecule has 0 radical (unpaired) electrons. The van der Waals surface area contributed by atoms with Crippen LogP contribution in [0.1, 0.15) is 59.4 Å². The van der Waals surface area contributed by atoms with Crippen molar-refractivity contribution in [2.45, 2.75) is 64.5 Å². The molecule has 1 amide bonds. The SMILES string of the molecule is CCCc1nc(C)c(C(=O)N2CCCC2C2CCCN2C)s1. The summed E-state index contributed by atoms with van der Waals surface area (Å²) in [6.45, 7) is 6.22. The number of thiazole rings is 1. The minimum atomic E-state index is 0.222. The van der Waals surface area contributed by atoms with Gasteiger partial charge in [0.25, 0.3) is 5.91 Å². The number of likely N-dealkylation sites (N-methyl/N-ethyl adjacent to an activating group) is 1. The van der Waals surface area contributed by atoms with Crippen molar-refractivity contribution in [3.8, 4) is 0 Å². The van der Waals surface area contributed by atoms with Crippen LogP contribution in [0.4, 0.5) is 0 Å². The summed E-state index contributed by atoms with van der Waals surface area (Å²) in [6, 6.07) is 0.950. The third-order valence-corrected chi connectivity index (χ3v) is 6.29. The van der Waals surface area contributed by atoms with Crippen molar-refractivity contribution in [1.82, 2.24) is 14.8 Å². The smallest absolute Gasteiger partial charge is 0.266 e. The Hall–Kier alpha value is -0.940. The lowest BCUT2D eigenvalue weighted by Crippen LogP contribution is -2.47. The van der Waals surface area contributed by atoms with Crippen LogP contribution < -0.4 is 0 Å². The van der Waals surface area contributed by atoms with Gasteiger partial charge in [0, 0.05) is 18.6 Å². The molecule has 4 nitrogen and oxygen atoms in total. The van der Waals surface area contributed by atoms with Crippen LogP contribution in [0.25, 0.3) is 0 Å². The summed E-state index contributed by atoms with van der Waals surface area (Å²) in [7, 11) is 2.20. The van der Waals surface area contributed by atoms with E-state index in [0.717, 1.165) is 47.8 Å². The molecular weight excluding hydrogens is 294 g/mol. The number of carbonyl (C=O) groups excluding carboxylic acids is 1. The van der Waals surface area contributed by atoms with E-state index >= 15 is 0 Å². The molecule has 0 saturated carbocycles. The molecule has 22 heavy (non-hydrogen) atoms. The zero-order chi connectivity index (χ0) is 15.7. The van der Waals surface area contributed by atoms with Gasteiger partial charge < -0.3 is 9.80 Å². The van der Waals surface area contributed by atoms with Gasteiger partial charge in [-0.05, 0) is 59.0 Å². The molecule has 0 bridgehead atoms. The number of likely N-dealkylation sites (tertiary alicyclic amines) is 2. The summed E-state index contributed by atoms with van der Waals surface area (Å²) < 4.78 is 0. The fourth-order valence-corrected chi connectivity index (χ4v) is 5.09. The highest BCUT2D eigenvalue weighted by Crippen LogP contribution is 2.31. The Bertz CT molecular complexity index is 542. The van der Waals surface area contributed by atoms with Gasteiger partial charge in [-0.3, -0.25) is 4.79 Å².